The molecule has 0 fully saturated rings. The van der Waals surface area contributed by atoms with Gasteiger partial charge in [0.05, 0.1) is 5.02 Å². The number of carbonyl (C=O) groups is 1. The van der Waals surface area contributed by atoms with Gasteiger partial charge in [-0.1, -0.05) is 53.2 Å². The summed E-state index contributed by atoms with van der Waals surface area (Å²) in [6.07, 6.45) is 2.07. The van der Waals surface area contributed by atoms with Crippen LogP contribution < -0.4 is 5.14 Å². The summed E-state index contributed by atoms with van der Waals surface area (Å²) in [5.41, 5.74) is 1.55. The van der Waals surface area contributed by atoms with Crippen molar-refractivity contribution in [3.8, 4) is 0 Å². The van der Waals surface area contributed by atoms with Crippen LogP contribution in [0.3, 0.4) is 0 Å². The lowest BCUT2D eigenvalue weighted by Crippen LogP contribution is -2.38. The number of hydrogen-bond acceptors (Lipinski definition) is 4. The Labute approximate surface area is 165 Å². The SMILES string of the molecule is CC(C)(CCc1cc(Cl)cc(Cl)c1Sc1ccccc1C=O)[S+](N)[O-]. The first kappa shape index (κ1) is 20.6. The van der Waals surface area contributed by atoms with Crippen molar-refractivity contribution in [3.63, 3.8) is 0 Å². The Hall–Kier alpha value is -0.690. The second-order valence-corrected chi connectivity index (χ2v) is 9.79. The van der Waals surface area contributed by atoms with E-state index in [0.29, 0.717) is 28.5 Å². The zero-order valence-corrected chi connectivity index (χ0v) is 17.1. The fourth-order valence-corrected chi connectivity index (χ4v) is 4.23. The molecule has 2 rings (SSSR count). The van der Waals surface area contributed by atoms with E-state index < -0.39 is 16.1 Å². The fraction of sp³-hybridized carbons (Fsp3) is 0.278. The summed E-state index contributed by atoms with van der Waals surface area (Å²) in [6, 6.07) is 10.9. The molecular weight excluding hydrogens is 397 g/mol. The number of benzene rings is 2. The summed E-state index contributed by atoms with van der Waals surface area (Å²) in [6.45, 7) is 3.73. The first-order valence-electron chi connectivity index (χ1n) is 7.61. The second-order valence-electron chi connectivity index (χ2n) is 6.19. The predicted octanol–water partition coefficient (Wildman–Crippen LogP) is 5.29. The average molecular weight is 416 g/mol. The Balaban J connectivity index is 2.36. The molecule has 0 radical (unpaired) electrons. The van der Waals surface area contributed by atoms with Gasteiger partial charge in [-0.3, -0.25) is 4.79 Å². The molecule has 1 atom stereocenters. The van der Waals surface area contributed by atoms with Crippen molar-refractivity contribution < 1.29 is 9.35 Å². The summed E-state index contributed by atoms with van der Waals surface area (Å²) in [5.74, 6) is 0. The summed E-state index contributed by atoms with van der Waals surface area (Å²) in [7, 11) is 0. The largest absolute Gasteiger partial charge is 0.598 e. The summed E-state index contributed by atoms with van der Waals surface area (Å²) < 4.78 is 11.2. The van der Waals surface area contributed by atoms with E-state index >= 15 is 0 Å². The minimum absolute atomic E-state index is 0.516. The average Bonchev–Trinajstić information content (AvgIpc) is 2.56. The van der Waals surface area contributed by atoms with Crippen LogP contribution in [0, 0.1) is 0 Å². The van der Waals surface area contributed by atoms with Crippen molar-refractivity contribution in [2.24, 2.45) is 5.14 Å². The third-order valence-electron chi connectivity index (χ3n) is 3.88. The van der Waals surface area contributed by atoms with E-state index in [1.807, 2.05) is 38.1 Å². The quantitative estimate of drug-likeness (QED) is 0.492. The topological polar surface area (TPSA) is 66.2 Å². The van der Waals surface area contributed by atoms with E-state index in [4.69, 9.17) is 28.3 Å². The van der Waals surface area contributed by atoms with Gasteiger partial charge >= 0.3 is 0 Å². The monoisotopic (exact) mass is 415 g/mol. The number of halogens is 2. The van der Waals surface area contributed by atoms with Crippen LogP contribution in [0.15, 0.2) is 46.2 Å². The highest BCUT2D eigenvalue weighted by Gasteiger charge is 2.30. The number of aryl methyl sites for hydroxylation is 1. The van der Waals surface area contributed by atoms with E-state index in [2.05, 4.69) is 0 Å². The number of rotatable bonds is 7. The minimum atomic E-state index is -1.43. The summed E-state index contributed by atoms with van der Waals surface area (Å²) >= 11 is 12.6. The smallest absolute Gasteiger partial charge is 0.151 e. The molecule has 0 heterocycles. The molecule has 0 bridgehead atoms. The molecule has 134 valence electrons. The van der Waals surface area contributed by atoms with Gasteiger partial charge in [0.25, 0.3) is 0 Å². The molecule has 2 aromatic carbocycles. The highest BCUT2D eigenvalue weighted by molar-refractivity contribution is 7.99. The second kappa shape index (κ2) is 8.80. The van der Waals surface area contributed by atoms with Crippen molar-refractivity contribution in [3.05, 3.63) is 57.6 Å². The predicted molar refractivity (Wildman–Crippen MR) is 107 cm³/mol. The van der Waals surface area contributed by atoms with Gasteiger partial charge in [-0.2, -0.15) is 5.14 Å². The van der Waals surface area contributed by atoms with E-state index in [9.17, 15) is 9.35 Å². The van der Waals surface area contributed by atoms with Crippen molar-refractivity contribution in [2.75, 3.05) is 0 Å². The van der Waals surface area contributed by atoms with Crippen LogP contribution in [-0.4, -0.2) is 15.6 Å². The van der Waals surface area contributed by atoms with Gasteiger partial charge < -0.3 is 4.55 Å². The van der Waals surface area contributed by atoms with Crippen molar-refractivity contribution in [1.29, 1.82) is 0 Å². The molecular formula is C18H19Cl2NO2S2. The highest BCUT2D eigenvalue weighted by atomic mass is 35.5. The number of nitrogens with two attached hydrogens (primary N) is 1. The first-order valence-corrected chi connectivity index (χ1v) is 10.4. The zero-order chi connectivity index (χ0) is 18.6. The van der Waals surface area contributed by atoms with Crippen LogP contribution in [0.4, 0.5) is 0 Å². The van der Waals surface area contributed by atoms with Crippen LogP contribution in [0.1, 0.15) is 36.2 Å². The van der Waals surface area contributed by atoms with Crippen LogP contribution in [0.2, 0.25) is 10.0 Å². The lowest BCUT2D eigenvalue weighted by molar-refractivity contribution is 0.112. The van der Waals surface area contributed by atoms with Gasteiger partial charge in [-0.15, -0.1) is 0 Å². The van der Waals surface area contributed by atoms with Crippen LogP contribution in [0.25, 0.3) is 0 Å². The van der Waals surface area contributed by atoms with E-state index in [0.717, 1.165) is 21.6 Å². The van der Waals surface area contributed by atoms with Gasteiger partial charge in [0.2, 0.25) is 0 Å². The Kier molecular flexibility index (Phi) is 7.26. The van der Waals surface area contributed by atoms with E-state index in [-0.39, 0.29) is 0 Å². The summed E-state index contributed by atoms with van der Waals surface area (Å²) in [5, 5.41) is 6.64. The molecule has 0 spiro atoms. The molecule has 2 N–H and O–H groups in total. The number of carbonyl (C=O) groups excluding carboxylic acids is 1. The third kappa shape index (κ3) is 5.39. The van der Waals surface area contributed by atoms with E-state index in [1.165, 1.54) is 11.8 Å². The number of aldehydes is 1. The van der Waals surface area contributed by atoms with Crippen LogP contribution >= 0.6 is 35.0 Å². The standard InChI is InChI=1S/C18H19Cl2NO2S2/c1-18(2,25(21)23)8-7-12-9-14(19)10-15(20)17(12)24-16-6-4-3-5-13(16)11-22/h3-6,9-11H,7-8,21H2,1-2H3. The molecule has 0 aliphatic rings. The Morgan fingerprint density at radius 2 is 1.96 bits per heavy atom. The molecule has 1 unspecified atom stereocenters. The van der Waals surface area contributed by atoms with E-state index in [1.54, 1.807) is 12.1 Å². The molecule has 3 nitrogen and oxygen atoms in total. The molecule has 0 amide bonds. The minimum Gasteiger partial charge on any atom is -0.598 e. The molecule has 2 aromatic rings. The molecule has 0 aromatic heterocycles. The van der Waals surface area contributed by atoms with Gasteiger partial charge in [-0.25, -0.2) is 0 Å². The van der Waals surface area contributed by atoms with Crippen molar-refractivity contribution in [1.82, 2.24) is 0 Å². The lowest BCUT2D eigenvalue weighted by Gasteiger charge is -2.24. The molecule has 25 heavy (non-hydrogen) atoms. The highest BCUT2D eigenvalue weighted by Crippen LogP contribution is 2.40. The number of hydrogen-bond donors (Lipinski definition) is 1. The third-order valence-corrected chi connectivity index (χ3v) is 7.08. The normalized spacial score (nSPS) is 12.9. The van der Waals surface area contributed by atoms with Crippen molar-refractivity contribution in [2.45, 2.75) is 41.2 Å². The maximum absolute atomic E-state index is 11.7. The molecule has 0 saturated heterocycles. The van der Waals surface area contributed by atoms with Gasteiger partial charge in [0.1, 0.15) is 4.75 Å². The first-order chi connectivity index (χ1) is 11.7. The summed E-state index contributed by atoms with van der Waals surface area (Å²) in [4.78, 5) is 12.9. The Morgan fingerprint density at radius 1 is 1.28 bits per heavy atom. The Morgan fingerprint density at radius 3 is 2.60 bits per heavy atom. The molecule has 0 aliphatic carbocycles. The maximum atomic E-state index is 11.7. The van der Waals surface area contributed by atoms with Crippen LogP contribution in [0.5, 0.6) is 0 Å². The molecule has 7 heteroatoms. The zero-order valence-electron chi connectivity index (χ0n) is 13.9. The van der Waals surface area contributed by atoms with Gasteiger partial charge in [-0.05, 0) is 44.0 Å². The maximum Gasteiger partial charge on any atom is 0.151 e. The lowest BCUT2D eigenvalue weighted by atomic mass is 10.0. The van der Waals surface area contributed by atoms with Gasteiger partial charge in [0, 0.05) is 38.2 Å². The van der Waals surface area contributed by atoms with Crippen LogP contribution in [-0.2, 0) is 17.8 Å². The molecule has 0 aliphatic heterocycles. The fourth-order valence-electron chi connectivity index (χ4n) is 2.23. The Bertz CT molecular complexity index is 767. The molecule has 0 saturated carbocycles. The van der Waals surface area contributed by atoms with Crippen molar-refractivity contribution >= 4 is 52.6 Å². The van der Waals surface area contributed by atoms with Gasteiger partial charge in [0.15, 0.2) is 6.29 Å².